The summed E-state index contributed by atoms with van der Waals surface area (Å²) in [5.41, 5.74) is 10.7. The highest BCUT2D eigenvalue weighted by atomic mass is 16.5. The van der Waals surface area contributed by atoms with Gasteiger partial charge in [0.2, 0.25) is 11.9 Å². The SMILES string of the molecule is COC1CN(Cc2ccc(Nc3nccc(-c4ccc(NC(=O)C5CC5)c(N)c4)n3)cn2)C1. The van der Waals surface area contributed by atoms with Gasteiger partial charge < -0.3 is 21.1 Å². The van der Waals surface area contributed by atoms with Crippen LogP contribution in [0.3, 0.4) is 0 Å². The summed E-state index contributed by atoms with van der Waals surface area (Å²) in [7, 11) is 1.75. The number of aromatic nitrogens is 3. The van der Waals surface area contributed by atoms with Crippen LogP contribution < -0.4 is 16.4 Å². The van der Waals surface area contributed by atoms with Crippen LogP contribution >= 0.6 is 0 Å². The van der Waals surface area contributed by atoms with Gasteiger partial charge in [-0.15, -0.1) is 0 Å². The quantitative estimate of drug-likeness (QED) is 0.453. The standard InChI is InChI=1S/C24H27N7O2/c1-33-19-13-31(14-19)12-18-6-5-17(11-27-18)28-24-26-9-8-21(30-24)16-4-7-22(20(25)10-16)29-23(32)15-2-3-15/h4-11,15,19H,2-3,12-14,25H2,1H3,(H,29,32)(H,26,28,30). The number of rotatable bonds is 8. The summed E-state index contributed by atoms with van der Waals surface area (Å²) in [6.07, 6.45) is 5.72. The molecule has 0 spiro atoms. The number of carbonyl (C=O) groups is 1. The van der Waals surface area contributed by atoms with E-state index >= 15 is 0 Å². The number of amides is 1. The van der Waals surface area contributed by atoms with Crippen LogP contribution in [0.1, 0.15) is 18.5 Å². The molecule has 4 N–H and O–H groups in total. The molecule has 2 aliphatic rings. The monoisotopic (exact) mass is 445 g/mol. The Morgan fingerprint density at radius 3 is 2.73 bits per heavy atom. The van der Waals surface area contributed by atoms with Gasteiger partial charge in [0.15, 0.2) is 0 Å². The number of hydrogen-bond donors (Lipinski definition) is 3. The van der Waals surface area contributed by atoms with Gasteiger partial charge in [-0.3, -0.25) is 14.7 Å². The van der Waals surface area contributed by atoms with E-state index in [0.29, 0.717) is 23.4 Å². The second-order valence-electron chi connectivity index (χ2n) is 8.55. The zero-order valence-corrected chi connectivity index (χ0v) is 18.5. The molecule has 0 unspecified atom stereocenters. The molecule has 2 aromatic heterocycles. The van der Waals surface area contributed by atoms with Crippen LogP contribution in [0.15, 0.2) is 48.8 Å². The molecule has 1 aliphatic carbocycles. The lowest BCUT2D eigenvalue weighted by Crippen LogP contribution is -2.51. The Labute approximate surface area is 192 Å². The molecule has 0 radical (unpaired) electrons. The fraction of sp³-hybridized carbons (Fsp3) is 0.333. The normalized spacial score (nSPS) is 16.3. The van der Waals surface area contributed by atoms with Gasteiger partial charge in [0, 0.05) is 44.4 Å². The molecular weight excluding hydrogens is 418 g/mol. The number of nitrogen functional groups attached to an aromatic ring is 1. The van der Waals surface area contributed by atoms with Gasteiger partial charge in [0.1, 0.15) is 0 Å². The first-order valence-corrected chi connectivity index (χ1v) is 11.1. The maximum absolute atomic E-state index is 12.0. The van der Waals surface area contributed by atoms with Gasteiger partial charge in [-0.1, -0.05) is 6.07 Å². The zero-order chi connectivity index (χ0) is 22.8. The van der Waals surface area contributed by atoms with Crippen LogP contribution in [-0.2, 0) is 16.1 Å². The molecule has 0 atom stereocenters. The smallest absolute Gasteiger partial charge is 0.227 e. The zero-order valence-electron chi connectivity index (χ0n) is 18.5. The summed E-state index contributed by atoms with van der Waals surface area (Å²) < 4.78 is 5.31. The number of hydrogen-bond acceptors (Lipinski definition) is 8. The summed E-state index contributed by atoms with van der Waals surface area (Å²) in [6.45, 7) is 2.69. The van der Waals surface area contributed by atoms with Crippen LogP contribution in [0.25, 0.3) is 11.3 Å². The highest BCUT2D eigenvalue weighted by Crippen LogP contribution is 2.32. The second kappa shape index (κ2) is 9.13. The van der Waals surface area contributed by atoms with Crippen molar-refractivity contribution in [2.75, 3.05) is 36.6 Å². The molecule has 1 amide bonds. The van der Waals surface area contributed by atoms with E-state index in [1.54, 1.807) is 19.5 Å². The first-order valence-electron chi connectivity index (χ1n) is 11.1. The molecule has 170 valence electrons. The Morgan fingerprint density at radius 1 is 1.18 bits per heavy atom. The van der Waals surface area contributed by atoms with Gasteiger partial charge in [0.05, 0.1) is 40.8 Å². The molecule has 1 saturated heterocycles. The maximum atomic E-state index is 12.0. The van der Waals surface area contributed by atoms with Crippen LogP contribution in [0.2, 0.25) is 0 Å². The number of nitrogens with two attached hydrogens (primary N) is 1. The van der Waals surface area contributed by atoms with Gasteiger partial charge in [-0.05, 0) is 43.2 Å². The number of ether oxygens (including phenoxy) is 1. The van der Waals surface area contributed by atoms with Crippen molar-refractivity contribution in [2.24, 2.45) is 5.92 Å². The van der Waals surface area contributed by atoms with Crippen molar-refractivity contribution < 1.29 is 9.53 Å². The van der Waals surface area contributed by atoms with Crippen LogP contribution in [0.4, 0.5) is 23.0 Å². The van der Waals surface area contributed by atoms with Gasteiger partial charge in [-0.2, -0.15) is 0 Å². The minimum Gasteiger partial charge on any atom is -0.397 e. The molecule has 0 bridgehead atoms. The van der Waals surface area contributed by atoms with Crippen molar-refractivity contribution in [1.29, 1.82) is 0 Å². The Balaban J connectivity index is 1.23. The number of nitrogens with one attached hydrogen (secondary N) is 2. The van der Waals surface area contributed by atoms with E-state index in [0.717, 1.165) is 55.1 Å². The van der Waals surface area contributed by atoms with Crippen molar-refractivity contribution in [1.82, 2.24) is 19.9 Å². The third kappa shape index (κ3) is 5.10. The number of pyridine rings is 1. The third-order valence-corrected chi connectivity index (χ3v) is 5.93. The molecule has 3 aromatic rings. The van der Waals surface area contributed by atoms with Crippen molar-refractivity contribution >= 4 is 28.9 Å². The van der Waals surface area contributed by atoms with Crippen molar-refractivity contribution in [3.8, 4) is 11.3 Å². The molecule has 5 rings (SSSR count). The summed E-state index contributed by atoms with van der Waals surface area (Å²) in [5, 5.41) is 6.10. The predicted molar refractivity (Wildman–Crippen MR) is 127 cm³/mol. The summed E-state index contributed by atoms with van der Waals surface area (Å²) in [6, 6.07) is 11.3. The Morgan fingerprint density at radius 2 is 2.03 bits per heavy atom. The van der Waals surface area contributed by atoms with E-state index in [1.165, 1.54) is 0 Å². The van der Waals surface area contributed by atoms with E-state index in [4.69, 9.17) is 10.5 Å². The Kier molecular flexibility index (Phi) is 5.89. The van der Waals surface area contributed by atoms with E-state index in [2.05, 4.69) is 30.5 Å². The van der Waals surface area contributed by atoms with Crippen LogP contribution in [0, 0.1) is 5.92 Å². The first-order chi connectivity index (χ1) is 16.1. The molecule has 9 nitrogen and oxygen atoms in total. The number of anilines is 4. The van der Waals surface area contributed by atoms with Gasteiger partial charge >= 0.3 is 0 Å². The molecule has 3 heterocycles. The van der Waals surface area contributed by atoms with E-state index < -0.39 is 0 Å². The number of carbonyl (C=O) groups excluding carboxylic acids is 1. The maximum Gasteiger partial charge on any atom is 0.227 e. The largest absolute Gasteiger partial charge is 0.397 e. The van der Waals surface area contributed by atoms with E-state index in [9.17, 15) is 4.79 Å². The van der Waals surface area contributed by atoms with E-state index in [1.807, 2.05) is 36.4 Å². The number of nitrogens with zero attached hydrogens (tertiary/aromatic N) is 4. The molecular formula is C24H27N7O2. The van der Waals surface area contributed by atoms with Crippen LogP contribution in [0.5, 0.6) is 0 Å². The molecule has 1 aromatic carbocycles. The minimum atomic E-state index is 0.0339. The second-order valence-corrected chi connectivity index (χ2v) is 8.55. The minimum absolute atomic E-state index is 0.0339. The van der Waals surface area contributed by atoms with Crippen molar-refractivity contribution in [3.63, 3.8) is 0 Å². The van der Waals surface area contributed by atoms with E-state index in [-0.39, 0.29) is 11.8 Å². The topological polar surface area (TPSA) is 118 Å². The van der Waals surface area contributed by atoms with Crippen molar-refractivity contribution in [2.45, 2.75) is 25.5 Å². The van der Waals surface area contributed by atoms with Crippen LogP contribution in [-0.4, -0.2) is 52.1 Å². The molecule has 1 saturated carbocycles. The van der Waals surface area contributed by atoms with Gasteiger partial charge in [0.25, 0.3) is 0 Å². The number of benzene rings is 1. The average Bonchev–Trinajstić information content (AvgIpc) is 3.64. The highest BCUT2D eigenvalue weighted by Gasteiger charge is 2.30. The summed E-state index contributed by atoms with van der Waals surface area (Å²) in [5.74, 6) is 0.630. The highest BCUT2D eigenvalue weighted by molar-refractivity contribution is 5.97. The molecule has 1 aliphatic heterocycles. The third-order valence-electron chi connectivity index (χ3n) is 5.93. The Bertz CT molecular complexity index is 1140. The van der Waals surface area contributed by atoms with Gasteiger partial charge in [-0.25, -0.2) is 9.97 Å². The molecule has 2 fully saturated rings. The summed E-state index contributed by atoms with van der Waals surface area (Å²) >= 11 is 0. The molecule has 33 heavy (non-hydrogen) atoms. The Hall–Kier alpha value is -3.56. The lowest BCUT2D eigenvalue weighted by Gasteiger charge is -2.37. The fourth-order valence-corrected chi connectivity index (χ4v) is 3.75. The van der Waals surface area contributed by atoms with Crippen molar-refractivity contribution in [3.05, 3.63) is 54.5 Å². The lowest BCUT2D eigenvalue weighted by atomic mass is 10.1. The summed E-state index contributed by atoms with van der Waals surface area (Å²) in [4.78, 5) is 27.8. The molecule has 9 heteroatoms. The number of methoxy groups -OCH3 is 1. The predicted octanol–water partition coefficient (Wildman–Crippen LogP) is 3.04. The number of likely N-dealkylation sites (tertiary alicyclic amines) is 1. The lowest BCUT2D eigenvalue weighted by molar-refractivity contribution is -0.117. The fourth-order valence-electron chi connectivity index (χ4n) is 3.75. The average molecular weight is 446 g/mol. The first kappa shape index (κ1) is 21.3.